The van der Waals surface area contributed by atoms with Crippen molar-refractivity contribution in [2.45, 2.75) is 167 Å². The second-order valence-electron chi connectivity index (χ2n) is 13.9. The predicted molar refractivity (Wildman–Crippen MR) is 192 cm³/mol. The van der Waals surface area contributed by atoms with E-state index in [9.17, 15) is 19.4 Å². The Morgan fingerprint density at radius 3 is 1.76 bits per heavy atom. The largest absolute Gasteiger partial charge is 0.756 e. The van der Waals surface area contributed by atoms with Gasteiger partial charge in [0, 0.05) is 6.42 Å². The van der Waals surface area contributed by atoms with E-state index in [-0.39, 0.29) is 19.1 Å². The fraction of sp³-hybridized carbons (Fsp3) is 0.865. The molecule has 9 heteroatoms. The lowest BCUT2D eigenvalue weighted by Crippen LogP contribution is -2.45. The van der Waals surface area contributed by atoms with E-state index in [0.717, 1.165) is 38.5 Å². The molecular weight excluding hydrogens is 599 g/mol. The fourth-order valence-corrected chi connectivity index (χ4v) is 5.83. The molecule has 0 rings (SSSR count). The van der Waals surface area contributed by atoms with Crippen LogP contribution in [0.2, 0.25) is 0 Å². The van der Waals surface area contributed by atoms with Crippen molar-refractivity contribution in [1.29, 1.82) is 0 Å². The summed E-state index contributed by atoms with van der Waals surface area (Å²) in [6.07, 6.45) is 32.2. The molecule has 0 aromatic rings. The van der Waals surface area contributed by atoms with Crippen molar-refractivity contribution in [2.75, 3.05) is 40.9 Å². The lowest BCUT2D eigenvalue weighted by Gasteiger charge is -2.29. The molecule has 0 aliphatic carbocycles. The minimum Gasteiger partial charge on any atom is -0.756 e. The zero-order valence-electron chi connectivity index (χ0n) is 30.5. The number of amides is 1. The zero-order chi connectivity index (χ0) is 34.4. The Morgan fingerprint density at radius 1 is 0.739 bits per heavy atom. The smallest absolute Gasteiger partial charge is 0.268 e. The number of unbranched alkanes of at least 4 members (excludes halogenated alkanes) is 18. The first kappa shape index (κ1) is 45.0. The summed E-state index contributed by atoms with van der Waals surface area (Å²) in [5.74, 6) is -0.212. The van der Waals surface area contributed by atoms with E-state index >= 15 is 0 Å². The molecule has 3 atom stereocenters. The molecule has 0 spiro atoms. The third kappa shape index (κ3) is 31.6. The van der Waals surface area contributed by atoms with Crippen LogP contribution in [-0.2, 0) is 18.4 Å². The highest BCUT2D eigenvalue weighted by atomic mass is 31.2. The number of likely N-dealkylation sites (N-methyl/N-ethyl adjacent to an activating group) is 1. The number of carbonyl (C=O) groups excluding carboxylic acids is 1. The number of carbonyl (C=O) groups is 1. The van der Waals surface area contributed by atoms with E-state index in [4.69, 9.17) is 9.05 Å². The van der Waals surface area contributed by atoms with Crippen molar-refractivity contribution < 1.29 is 32.9 Å². The van der Waals surface area contributed by atoms with E-state index in [0.29, 0.717) is 17.4 Å². The van der Waals surface area contributed by atoms with Crippen LogP contribution in [0.15, 0.2) is 24.3 Å². The van der Waals surface area contributed by atoms with Crippen molar-refractivity contribution in [3.05, 3.63) is 24.3 Å². The van der Waals surface area contributed by atoms with Crippen LogP contribution in [0.3, 0.4) is 0 Å². The molecule has 0 saturated heterocycles. The van der Waals surface area contributed by atoms with Crippen LogP contribution < -0.4 is 10.2 Å². The third-order valence-corrected chi connectivity index (χ3v) is 9.13. The number of hydrogen-bond donors (Lipinski definition) is 2. The molecule has 8 nitrogen and oxygen atoms in total. The number of aliphatic hydroxyl groups is 1. The number of aliphatic hydroxyl groups excluding tert-OH is 1. The van der Waals surface area contributed by atoms with Crippen LogP contribution >= 0.6 is 7.82 Å². The highest BCUT2D eigenvalue weighted by Crippen LogP contribution is 2.38. The highest BCUT2D eigenvalue weighted by molar-refractivity contribution is 7.45. The maximum absolute atomic E-state index is 12.7. The average Bonchev–Trinajstić information content (AvgIpc) is 2.99. The molecule has 3 unspecified atom stereocenters. The summed E-state index contributed by atoms with van der Waals surface area (Å²) in [6, 6.07) is -0.895. The number of nitrogens with zero attached hydrogens (tertiary/aromatic N) is 1. The van der Waals surface area contributed by atoms with Crippen LogP contribution in [-0.4, -0.2) is 68.5 Å². The molecule has 0 radical (unpaired) electrons. The van der Waals surface area contributed by atoms with Gasteiger partial charge in [-0.2, -0.15) is 0 Å². The molecule has 46 heavy (non-hydrogen) atoms. The van der Waals surface area contributed by atoms with Crippen LogP contribution in [0.25, 0.3) is 0 Å². The molecule has 0 aromatic heterocycles. The number of phosphoric acid groups is 1. The van der Waals surface area contributed by atoms with E-state index in [1.54, 1.807) is 6.08 Å². The van der Waals surface area contributed by atoms with Gasteiger partial charge in [0.25, 0.3) is 7.82 Å². The highest BCUT2D eigenvalue weighted by Gasteiger charge is 2.23. The Morgan fingerprint density at radius 2 is 1.22 bits per heavy atom. The fourth-order valence-electron chi connectivity index (χ4n) is 5.11. The molecule has 2 N–H and O–H groups in total. The monoisotopic (exact) mass is 673 g/mol. The van der Waals surface area contributed by atoms with Gasteiger partial charge in [-0.3, -0.25) is 9.36 Å². The molecule has 0 heterocycles. The van der Waals surface area contributed by atoms with Crippen molar-refractivity contribution in [3.8, 4) is 0 Å². The van der Waals surface area contributed by atoms with Crippen LogP contribution in [0.5, 0.6) is 0 Å². The number of phosphoric ester groups is 1. The van der Waals surface area contributed by atoms with Gasteiger partial charge in [-0.15, -0.1) is 0 Å². The van der Waals surface area contributed by atoms with Gasteiger partial charge in [-0.05, 0) is 32.1 Å². The van der Waals surface area contributed by atoms with Gasteiger partial charge in [-0.1, -0.05) is 141 Å². The Balaban J connectivity index is 4.61. The predicted octanol–water partition coefficient (Wildman–Crippen LogP) is 8.77. The first-order valence-electron chi connectivity index (χ1n) is 18.7. The summed E-state index contributed by atoms with van der Waals surface area (Å²) in [5.41, 5.74) is 0. The second kappa shape index (κ2) is 30.1. The minimum atomic E-state index is -4.58. The Bertz CT molecular complexity index is 814. The molecule has 272 valence electrons. The molecule has 0 saturated carbocycles. The molecule has 0 aliphatic rings. The molecule has 0 aromatic carbocycles. The molecule has 0 bridgehead atoms. The first-order chi connectivity index (χ1) is 22.0. The Labute approximate surface area is 284 Å². The SMILES string of the molecule is CCCCCCCCCC/C=C/CC/C=C/C(O)C(COP(=O)([O-])OCC[N+](C)(C)C)NC(=O)CCCCCCCCCCCC. The van der Waals surface area contributed by atoms with Gasteiger partial charge >= 0.3 is 0 Å². The molecular formula is C37H73N2O6P. The van der Waals surface area contributed by atoms with E-state index < -0.39 is 20.0 Å². The summed E-state index contributed by atoms with van der Waals surface area (Å²) >= 11 is 0. The van der Waals surface area contributed by atoms with Crippen molar-refractivity contribution >= 4 is 13.7 Å². The van der Waals surface area contributed by atoms with Gasteiger partial charge in [0.05, 0.1) is 39.9 Å². The summed E-state index contributed by atoms with van der Waals surface area (Å²) in [7, 11) is 1.24. The maximum atomic E-state index is 12.7. The van der Waals surface area contributed by atoms with Crippen LogP contribution in [0, 0.1) is 0 Å². The lowest BCUT2D eigenvalue weighted by molar-refractivity contribution is -0.870. The summed E-state index contributed by atoms with van der Waals surface area (Å²) in [4.78, 5) is 25.1. The number of nitrogens with one attached hydrogen (secondary N) is 1. The van der Waals surface area contributed by atoms with Crippen molar-refractivity contribution in [2.24, 2.45) is 0 Å². The molecule has 0 aliphatic heterocycles. The average molecular weight is 673 g/mol. The zero-order valence-corrected chi connectivity index (χ0v) is 31.4. The maximum Gasteiger partial charge on any atom is 0.268 e. The Kier molecular flexibility index (Phi) is 29.4. The van der Waals surface area contributed by atoms with Crippen molar-refractivity contribution in [3.63, 3.8) is 0 Å². The van der Waals surface area contributed by atoms with Crippen LogP contribution in [0.4, 0.5) is 0 Å². The van der Waals surface area contributed by atoms with Gasteiger partial charge in [0.15, 0.2) is 0 Å². The standard InChI is InChI=1S/C37H73N2O6P/c1-6-8-10-12-14-16-18-19-20-21-22-24-26-28-30-36(40)35(34-45-46(42,43)44-33-32-39(3,4)5)38-37(41)31-29-27-25-23-17-15-13-11-9-7-2/h21-22,28,30,35-36,40H,6-20,23-27,29,31-34H2,1-5H3,(H-,38,41,42,43)/b22-21+,30-28+. The van der Waals surface area contributed by atoms with Crippen LogP contribution in [0.1, 0.15) is 155 Å². The number of quaternary nitrogens is 1. The first-order valence-corrected chi connectivity index (χ1v) is 20.2. The topological polar surface area (TPSA) is 108 Å². The second-order valence-corrected chi connectivity index (χ2v) is 15.3. The minimum absolute atomic E-state index is 0.00490. The van der Waals surface area contributed by atoms with Gasteiger partial charge in [0.2, 0.25) is 5.91 Å². The molecule has 1 amide bonds. The number of allylic oxidation sites excluding steroid dienone is 3. The normalized spacial score (nSPS) is 15.0. The van der Waals surface area contributed by atoms with E-state index in [1.165, 1.54) is 96.3 Å². The summed E-state index contributed by atoms with van der Waals surface area (Å²) in [6.45, 7) is 4.58. The lowest BCUT2D eigenvalue weighted by atomic mass is 10.1. The van der Waals surface area contributed by atoms with Gasteiger partial charge in [0.1, 0.15) is 13.2 Å². The van der Waals surface area contributed by atoms with E-state index in [2.05, 4.69) is 31.3 Å². The van der Waals surface area contributed by atoms with Gasteiger partial charge < -0.3 is 28.8 Å². The number of rotatable bonds is 33. The Hall–Kier alpha value is -1.02. The van der Waals surface area contributed by atoms with E-state index in [1.807, 2.05) is 27.2 Å². The summed E-state index contributed by atoms with van der Waals surface area (Å²) < 4.78 is 23.0. The number of hydrogen-bond acceptors (Lipinski definition) is 6. The van der Waals surface area contributed by atoms with Crippen molar-refractivity contribution in [1.82, 2.24) is 5.32 Å². The third-order valence-electron chi connectivity index (χ3n) is 8.16. The van der Waals surface area contributed by atoms with Gasteiger partial charge in [-0.25, -0.2) is 0 Å². The molecule has 0 fully saturated rings. The quantitative estimate of drug-likeness (QED) is 0.0312. The summed E-state index contributed by atoms with van der Waals surface area (Å²) in [5, 5.41) is 13.6.